The Labute approximate surface area is 189 Å². The van der Waals surface area contributed by atoms with Gasteiger partial charge in [-0.05, 0) is 82.2 Å². The van der Waals surface area contributed by atoms with Gasteiger partial charge < -0.3 is 10.2 Å². The zero-order valence-electron chi connectivity index (χ0n) is 18.9. The minimum absolute atomic E-state index is 0.0116. The van der Waals surface area contributed by atoms with E-state index < -0.39 is 0 Å². The Bertz CT molecular complexity index is 943. The van der Waals surface area contributed by atoms with Crippen LogP contribution in [-0.4, -0.2) is 55.9 Å². The molecular weight excluding hydrogens is 402 g/mol. The molecular formula is C24H35N7O. The number of hydrogen-bond donors (Lipinski definition) is 2. The highest BCUT2D eigenvalue weighted by atomic mass is 16.2. The Morgan fingerprint density at radius 1 is 0.969 bits per heavy atom. The average molecular weight is 438 g/mol. The minimum Gasteiger partial charge on any atom is -0.332 e. The highest BCUT2D eigenvalue weighted by Crippen LogP contribution is 2.55. The summed E-state index contributed by atoms with van der Waals surface area (Å²) in [5.74, 6) is 2.96. The van der Waals surface area contributed by atoms with Crippen molar-refractivity contribution < 1.29 is 4.79 Å². The molecule has 8 heteroatoms. The number of nitrogens with one attached hydrogen (secondary N) is 2. The molecule has 4 bridgehead atoms. The first-order chi connectivity index (χ1) is 15.7. The second-order valence-electron chi connectivity index (χ2n) is 10.9. The van der Waals surface area contributed by atoms with Crippen molar-refractivity contribution in [3.05, 3.63) is 12.5 Å². The highest BCUT2D eigenvalue weighted by molar-refractivity contribution is 5.97. The molecule has 0 spiro atoms. The van der Waals surface area contributed by atoms with E-state index in [-0.39, 0.29) is 11.6 Å². The number of urea groups is 1. The SMILES string of the molecule is O=C(Nc1ncnc2c1cnn2CCN1CCCCCC1)NC12CC3CC(CC(C3)C1)C2. The summed E-state index contributed by atoms with van der Waals surface area (Å²) in [6.07, 6.45) is 16.1. The quantitative estimate of drug-likeness (QED) is 0.743. The van der Waals surface area contributed by atoms with E-state index in [1.165, 1.54) is 64.4 Å². The summed E-state index contributed by atoms with van der Waals surface area (Å²) in [5, 5.41) is 11.8. The predicted molar refractivity (Wildman–Crippen MR) is 123 cm³/mol. The Morgan fingerprint density at radius 3 is 2.34 bits per heavy atom. The molecule has 2 aromatic heterocycles. The lowest BCUT2D eigenvalue weighted by Crippen LogP contribution is -2.60. The van der Waals surface area contributed by atoms with E-state index in [9.17, 15) is 4.79 Å². The third-order valence-electron chi connectivity index (χ3n) is 8.41. The van der Waals surface area contributed by atoms with Crippen molar-refractivity contribution in [1.82, 2.24) is 30.0 Å². The zero-order chi connectivity index (χ0) is 21.5. The molecule has 0 aromatic carbocycles. The lowest BCUT2D eigenvalue weighted by Gasteiger charge is -2.56. The van der Waals surface area contributed by atoms with E-state index in [0.717, 1.165) is 61.1 Å². The van der Waals surface area contributed by atoms with Crippen LogP contribution in [0.2, 0.25) is 0 Å². The van der Waals surface area contributed by atoms with Crippen molar-refractivity contribution in [3.8, 4) is 0 Å². The molecule has 32 heavy (non-hydrogen) atoms. The van der Waals surface area contributed by atoms with Gasteiger partial charge in [0.05, 0.1) is 18.1 Å². The van der Waals surface area contributed by atoms with Crippen molar-refractivity contribution in [3.63, 3.8) is 0 Å². The molecule has 3 heterocycles. The van der Waals surface area contributed by atoms with Crippen molar-refractivity contribution >= 4 is 22.9 Å². The van der Waals surface area contributed by atoms with E-state index in [1.807, 2.05) is 4.68 Å². The van der Waals surface area contributed by atoms with Gasteiger partial charge >= 0.3 is 6.03 Å². The van der Waals surface area contributed by atoms with E-state index in [0.29, 0.717) is 5.82 Å². The number of carbonyl (C=O) groups excluding carboxylic acids is 1. The second kappa shape index (κ2) is 8.28. The highest BCUT2D eigenvalue weighted by Gasteiger charge is 2.51. The molecule has 7 rings (SSSR count). The van der Waals surface area contributed by atoms with Crippen LogP contribution in [-0.2, 0) is 6.54 Å². The number of hydrogen-bond acceptors (Lipinski definition) is 5. The van der Waals surface area contributed by atoms with Gasteiger partial charge in [-0.1, -0.05) is 12.8 Å². The molecule has 4 saturated carbocycles. The standard InChI is InChI=1S/C24H35N7O/c32-23(29-24-12-17-9-18(13-24)11-19(10-17)14-24)28-21-20-15-27-31(22(20)26-16-25-21)8-7-30-5-3-1-2-4-6-30/h15-19H,1-14H2,(H2,25,26,28,29,32). The van der Waals surface area contributed by atoms with E-state index >= 15 is 0 Å². The number of likely N-dealkylation sites (tertiary alicyclic amines) is 1. The summed E-state index contributed by atoms with van der Waals surface area (Å²) < 4.78 is 1.95. The maximum atomic E-state index is 13.0. The van der Waals surface area contributed by atoms with Gasteiger partial charge in [-0.2, -0.15) is 5.10 Å². The molecule has 2 N–H and O–H groups in total. The predicted octanol–water partition coefficient (Wildman–Crippen LogP) is 3.79. The van der Waals surface area contributed by atoms with Crippen LogP contribution in [0.5, 0.6) is 0 Å². The first-order valence-electron chi connectivity index (χ1n) is 12.6. The fraction of sp³-hybridized carbons (Fsp3) is 0.750. The summed E-state index contributed by atoms with van der Waals surface area (Å²) in [6, 6.07) is -0.135. The molecule has 4 aliphatic carbocycles. The minimum atomic E-state index is -0.135. The second-order valence-corrected chi connectivity index (χ2v) is 10.9. The van der Waals surface area contributed by atoms with Crippen molar-refractivity contribution in [2.45, 2.75) is 76.3 Å². The van der Waals surface area contributed by atoms with Crippen LogP contribution in [0.1, 0.15) is 64.2 Å². The fourth-order valence-corrected chi connectivity index (χ4v) is 7.40. The Balaban J connectivity index is 1.13. The maximum absolute atomic E-state index is 13.0. The number of rotatable bonds is 5. The number of aromatic nitrogens is 4. The molecule has 2 aromatic rings. The Hall–Kier alpha value is -2.22. The molecule has 2 amide bonds. The topological polar surface area (TPSA) is 88.0 Å². The van der Waals surface area contributed by atoms with Crippen molar-refractivity contribution in [2.75, 3.05) is 25.0 Å². The monoisotopic (exact) mass is 437 g/mol. The van der Waals surface area contributed by atoms with Gasteiger partial charge in [0.2, 0.25) is 0 Å². The largest absolute Gasteiger partial charge is 0.332 e. The van der Waals surface area contributed by atoms with Crippen LogP contribution >= 0.6 is 0 Å². The van der Waals surface area contributed by atoms with Crippen LogP contribution in [0.15, 0.2) is 12.5 Å². The van der Waals surface area contributed by atoms with Gasteiger partial charge in [-0.3, -0.25) is 5.32 Å². The van der Waals surface area contributed by atoms with Crippen LogP contribution in [0.3, 0.4) is 0 Å². The Kier molecular flexibility index (Phi) is 5.28. The molecule has 1 saturated heterocycles. The van der Waals surface area contributed by atoms with E-state index in [1.54, 1.807) is 6.20 Å². The lowest BCUT2D eigenvalue weighted by atomic mass is 9.53. The van der Waals surface area contributed by atoms with Crippen LogP contribution in [0, 0.1) is 17.8 Å². The summed E-state index contributed by atoms with van der Waals surface area (Å²) in [4.78, 5) is 24.4. The van der Waals surface area contributed by atoms with E-state index in [4.69, 9.17) is 0 Å². The molecule has 8 nitrogen and oxygen atoms in total. The first kappa shape index (κ1) is 20.4. The summed E-state index contributed by atoms with van der Waals surface area (Å²) in [6.45, 7) is 4.13. The molecule has 0 radical (unpaired) electrons. The van der Waals surface area contributed by atoms with Gasteiger partial charge in [0.15, 0.2) is 5.65 Å². The Morgan fingerprint density at radius 2 is 1.66 bits per heavy atom. The van der Waals surface area contributed by atoms with Crippen LogP contribution in [0.4, 0.5) is 10.6 Å². The first-order valence-corrected chi connectivity index (χ1v) is 12.6. The van der Waals surface area contributed by atoms with Crippen LogP contribution in [0.25, 0.3) is 11.0 Å². The van der Waals surface area contributed by atoms with Crippen molar-refractivity contribution in [1.29, 1.82) is 0 Å². The molecule has 1 aliphatic heterocycles. The number of carbonyl (C=O) groups is 1. The smallest absolute Gasteiger partial charge is 0.320 e. The number of amides is 2. The van der Waals surface area contributed by atoms with Gasteiger partial charge in [0, 0.05) is 12.1 Å². The average Bonchev–Trinajstić information content (AvgIpc) is 2.98. The summed E-state index contributed by atoms with van der Waals surface area (Å²) >= 11 is 0. The normalized spacial score (nSPS) is 32.2. The van der Waals surface area contributed by atoms with Crippen molar-refractivity contribution in [2.24, 2.45) is 17.8 Å². The fourth-order valence-electron chi connectivity index (χ4n) is 7.40. The van der Waals surface area contributed by atoms with Crippen LogP contribution < -0.4 is 10.6 Å². The number of anilines is 1. The van der Waals surface area contributed by atoms with E-state index in [2.05, 4.69) is 30.6 Å². The number of fused-ring (bicyclic) bond motifs is 1. The molecule has 0 atom stereocenters. The summed E-state index contributed by atoms with van der Waals surface area (Å²) in [7, 11) is 0. The van der Waals surface area contributed by atoms with Gasteiger partial charge in [0.1, 0.15) is 12.1 Å². The molecule has 0 unspecified atom stereocenters. The molecule has 5 fully saturated rings. The third-order valence-corrected chi connectivity index (χ3v) is 8.41. The lowest BCUT2D eigenvalue weighted by molar-refractivity contribution is -0.0127. The van der Waals surface area contributed by atoms with Gasteiger partial charge in [-0.25, -0.2) is 19.4 Å². The van der Waals surface area contributed by atoms with Gasteiger partial charge in [-0.15, -0.1) is 0 Å². The third kappa shape index (κ3) is 3.98. The molecule has 172 valence electrons. The molecule has 5 aliphatic rings. The maximum Gasteiger partial charge on any atom is 0.320 e. The van der Waals surface area contributed by atoms with Gasteiger partial charge in [0.25, 0.3) is 0 Å². The zero-order valence-corrected chi connectivity index (χ0v) is 18.9. The summed E-state index contributed by atoms with van der Waals surface area (Å²) in [5.41, 5.74) is 0.780. The number of nitrogens with zero attached hydrogens (tertiary/aromatic N) is 5.